The number of carbonyl (C=O) groups excluding carboxylic acids is 8. The largest absolute Gasteiger partial charge is 0.483 e. The van der Waals surface area contributed by atoms with Crippen molar-refractivity contribution < 1.29 is 47.8 Å². The van der Waals surface area contributed by atoms with E-state index in [9.17, 15) is 38.4 Å². The summed E-state index contributed by atoms with van der Waals surface area (Å²) in [5.74, 6) is -4.04. The molecular weight excluding hydrogens is 801 g/mol. The molecule has 0 bridgehead atoms. The summed E-state index contributed by atoms with van der Waals surface area (Å²) >= 11 is 12.3. The van der Waals surface area contributed by atoms with E-state index >= 15 is 0 Å². The maximum atomic E-state index is 13.2. The number of hydrogen-bond acceptors (Lipinski definition) is 13. The van der Waals surface area contributed by atoms with Gasteiger partial charge in [-0.05, 0) is 43.5 Å². The van der Waals surface area contributed by atoms with Crippen LogP contribution >= 0.6 is 23.2 Å². The first kappa shape index (κ1) is 42.4. The minimum absolute atomic E-state index is 0.00836. The van der Waals surface area contributed by atoms with Gasteiger partial charge in [-0.25, -0.2) is 5.43 Å². The van der Waals surface area contributed by atoms with E-state index in [1.807, 2.05) is 4.90 Å². The van der Waals surface area contributed by atoms with Gasteiger partial charge in [0, 0.05) is 45.2 Å². The normalized spacial score (nSPS) is 21.0. The summed E-state index contributed by atoms with van der Waals surface area (Å²) in [7, 11) is 0. The van der Waals surface area contributed by atoms with Crippen LogP contribution in [0.15, 0.2) is 36.4 Å². The van der Waals surface area contributed by atoms with Gasteiger partial charge in [0.05, 0.1) is 52.5 Å². The second kappa shape index (κ2) is 19.5. The van der Waals surface area contributed by atoms with E-state index in [2.05, 4.69) is 37.4 Å². The highest BCUT2D eigenvalue weighted by Gasteiger charge is 2.46. The number of rotatable bonds is 16. The van der Waals surface area contributed by atoms with Gasteiger partial charge in [0.1, 0.15) is 17.8 Å². The number of hydrazine groups is 1. The van der Waals surface area contributed by atoms with E-state index in [0.29, 0.717) is 32.5 Å². The van der Waals surface area contributed by atoms with Gasteiger partial charge in [-0.3, -0.25) is 58.9 Å². The first-order valence-electron chi connectivity index (χ1n) is 18.8. The van der Waals surface area contributed by atoms with Crippen molar-refractivity contribution in [2.45, 2.75) is 49.9 Å². The van der Waals surface area contributed by atoms with Gasteiger partial charge in [0.2, 0.25) is 23.6 Å². The lowest BCUT2D eigenvalue weighted by molar-refractivity contribution is -0.136. The van der Waals surface area contributed by atoms with Crippen molar-refractivity contribution in [2.75, 3.05) is 59.1 Å². The summed E-state index contributed by atoms with van der Waals surface area (Å²) < 4.78 is 11.1. The molecule has 8 amide bonds. The van der Waals surface area contributed by atoms with Crippen LogP contribution in [0.25, 0.3) is 0 Å². The molecule has 2 aromatic rings. The van der Waals surface area contributed by atoms with Crippen LogP contribution < -0.4 is 42.2 Å². The van der Waals surface area contributed by atoms with Crippen molar-refractivity contribution in [3.63, 3.8) is 0 Å². The Morgan fingerprint density at radius 3 is 2.24 bits per heavy atom. The number of nitrogens with one attached hydrogen (secondary N) is 7. The fourth-order valence-corrected chi connectivity index (χ4v) is 7.62. The Hall–Kier alpha value is -5.18. The van der Waals surface area contributed by atoms with Crippen LogP contribution in [0.2, 0.25) is 10.0 Å². The summed E-state index contributed by atoms with van der Waals surface area (Å²) in [5.41, 5.74) is 5.95. The Morgan fingerprint density at radius 1 is 0.845 bits per heavy atom. The zero-order valence-corrected chi connectivity index (χ0v) is 32.7. The molecule has 3 unspecified atom stereocenters. The molecule has 0 aliphatic carbocycles. The quantitative estimate of drug-likeness (QED) is 0.0783. The van der Waals surface area contributed by atoms with Crippen molar-refractivity contribution in [1.29, 1.82) is 0 Å². The van der Waals surface area contributed by atoms with E-state index in [-0.39, 0.29) is 96.0 Å². The van der Waals surface area contributed by atoms with E-state index in [0.717, 1.165) is 4.90 Å². The highest BCUT2D eigenvalue weighted by Crippen LogP contribution is 2.33. The number of carbonyl (C=O) groups is 8. The average Bonchev–Trinajstić information content (AvgIpc) is 3.75. The van der Waals surface area contributed by atoms with Gasteiger partial charge in [-0.15, -0.1) is 0 Å². The number of piperidine rings is 2. The molecule has 21 heteroatoms. The molecule has 3 saturated heterocycles. The number of halogens is 2. The molecule has 0 aromatic heterocycles. The molecule has 3 atom stereocenters. The lowest BCUT2D eigenvalue weighted by Gasteiger charge is -2.32. The van der Waals surface area contributed by atoms with E-state index in [4.69, 9.17) is 32.7 Å². The summed E-state index contributed by atoms with van der Waals surface area (Å²) in [4.78, 5) is 104. The van der Waals surface area contributed by atoms with Gasteiger partial charge in [0.25, 0.3) is 23.6 Å². The van der Waals surface area contributed by atoms with Gasteiger partial charge in [-0.1, -0.05) is 35.3 Å². The van der Waals surface area contributed by atoms with E-state index in [1.54, 1.807) is 18.2 Å². The summed E-state index contributed by atoms with van der Waals surface area (Å²) in [6.45, 7) is 2.02. The summed E-state index contributed by atoms with van der Waals surface area (Å²) in [6.07, 6.45) is 1.28. The Kier molecular flexibility index (Phi) is 14.3. The second-order valence-corrected chi connectivity index (χ2v) is 14.8. The van der Waals surface area contributed by atoms with Crippen LogP contribution in [-0.2, 0) is 28.7 Å². The van der Waals surface area contributed by atoms with Gasteiger partial charge in [-0.2, -0.15) is 0 Å². The van der Waals surface area contributed by atoms with Crippen molar-refractivity contribution in [3.8, 4) is 5.75 Å². The first-order chi connectivity index (χ1) is 27.9. The third kappa shape index (κ3) is 10.3. The van der Waals surface area contributed by atoms with E-state index < -0.39 is 60.2 Å². The monoisotopic (exact) mass is 843 g/mol. The molecule has 0 saturated carbocycles. The lowest BCUT2D eigenvalue weighted by Crippen LogP contribution is -2.56. The maximum Gasteiger partial charge on any atom is 0.266 e. The standard InChI is InChI=1S/C37H43Cl2N9O10/c38-22-4-2-5-23(39)31(22)34(53)44-24-17-42-46-32(24)35(54)43-20-9-13-47(14-10-20)18-28(50)40-11-15-57-16-12-41-29(51)19-58-26-6-1-3-21-30(26)37(56)48(36(21)55)25-7-8-27(49)45-33(25)52/h1-6,20,24-25,32,42,46H,7-19H2,(H,40,50)(H,41,51)(H,43,54)(H,44,53)(H,45,49,52). The number of nitrogens with zero attached hydrogens (tertiary/aromatic N) is 2. The molecular formula is C37H43Cl2N9O10. The second-order valence-electron chi connectivity index (χ2n) is 14.0. The third-order valence-electron chi connectivity index (χ3n) is 10.00. The molecule has 3 fully saturated rings. The molecule has 6 rings (SSSR count). The van der Waals surface area contributed by atoms with E-state index in [1.165, 1.54) is 18.2 Å². The zero-order valence-electron chi connectivity index (χ0n) is 31.2. The predicted molar refractivity (Wildman–Crippen MR) is 206 cm³/mol. The molecule has 0 spiro atoms. The van der Waals surface area contributed by atoms with Crippen LogP contribution in [-0.4, -0.2) is 140 Å². The van der Waals surface area contributed by atoms with Gasteiger partial charge >= 0.3 is 0 Å². The third-order valence-corrected chi connectivity index (χ3v) is 10.6. The van der Waals surface area contributed by atoms with Crippen molar-refractivity contribution in [3.05, 3.63) is 63.1 Å². The molecule has 4 heterocycles. The fraction of sp³-hybridized carbons (Fsp3) is 0.459. The Morgan fingerprint density at radius 2 is 1.53 bits per heavy atom. The zero-order chi connectivity index (χ0) is 41.3. The molecule has 19 nitrogen and oxygen atoms in total. The number of amides is 8. The number of benzene rings is 2. The number of imide groups is 2. The molecule has 2 aromatic carbocycles. The Labute approximate surface area is 342 Å². The predicted octanol–water partition coefficient (Wildman–Crippen LogP) is -1.12. The number of ether oxygens (including phenoxy) is 2. The van der Waals surface area contributed by atoms with Crippen LogP contribution in [0.1, 0.15) is 56.8 Å². The minimum Gasteiger partial charge on any atom is -0.483 e. The Bertz CT molecular complexity index is 1940. The van der Waals surface area contributed by atoms with Crippen LogP contribution in [0.3, 0.4) is 0 Å². The number of likely N-dealkylation sites (tertiary alicyclic amines) is 1. The fourth-order valence-electron chi connectivity index (χ4n) is 7.05. The Balaban J connectivity index is 0.815. The van der Waals surface area contributed by atoms with Crippen molar-refractivity contribution in [2.24, 2.45) is 0 Å². The van der Waals surface area contributed by atoms with Crippen molar-refractivity contribution >= 4 is 70.5 Å². The van der Waals surface area contributed by atoms with Gasteiger partial charge < -0.3 is 30.7 Å². The van der Waals surface area contributed by atoms with Crippen molar-refractivity contribution in [1.82, 2.24) is 47.2 Å². The highest BCUT2D eigenvalue weighted by atomic mass is 35.5. The molecule has 7 N–H and O–H groups in total. The number of fused-ring (bicyclic) bond motifs is 1. The maximum absolute atomic E-state index is 13.2. The molecule has 0 radical (unpaired) electrons. The number of hydrogen-bond donors (Lipinski definition) is 7. The average molecular weight is 845 g/mol. The van der Waals surface area contributed by atoms with Crippen LogP contribution in [0.4, 0.5) is 0 Å². The summed E-state index contributed by atoms with van der Waals surface area (Å²) in [6, 6.07) is 6.66. The SMILES string of the molecule is O=C(COc1cccc2c1C(=O)N(C1CCC(=O)NC1=O)C2=O)NCCOCCNC(=O)CN1CCC(NC(=O)C2NNCC2NC(=O)c2c(Cl)cccc2Cl)CC1. The lowest BCUT2D eigenvalue weighted by atomic mass is 10.0. The smallest absolute Gasteiger partial charge is 0.266 e. The minimum atomic E-state index is -1.12. The molecule has 4 aliphatic rings. The summed E-state index contributed by atoms with van der Waals surface area (Å²) in [5, 5.41) is 13.9. The van der Waals surface area contributed by atoms with Crippen LogP contribution in [0.5, 0.6) is 5.75 Å². The molecule has 4 aliphatic heterocycles. The first-order valence-corrected chi connectivity index (χ1v) is 19.5. The highest BCUT2D eigenvalue weighted by molar-refractivity contribution is 6.39. The van der Waals surface area contributed by atoms with Crippen LogP contribution in [0, 0.1) is 0 Å². The molecule has 310 valence electrons. The molecule has 58 heavy (non-hydrogen) atoms. The van der Waals surface area contributed by atoms with Gasteiger partial charge in [0.15, 0.2) is 6.61 Å². The topological polar surface area (TPSA) is 246 Å².